The van der Waals surface area contributed by atoms with Gasteiger partial charge >= 0.3 is 5.97 Å². The molecule has 0 radical (unpaired) electrons. The van der Waals surface area contributed by atoms with Crippen LogP contribution >= 0.6 is 0 Å². The summed E-state index contributed by atoms with van der Waals surface area (Å²) in [5.74, 6) is 0.321. The molecule has 4 heterocycles. The Bertz CT molecular complexity index is 1480. The lowest BCUT2D eigenvalue weighted by atomic mass is 10.1. The van der Waals surface area contributed by atoms with Crippen LogP contribution in [0, 0.1) is 6.92 Å². The lowest BCUT2D eigenvalue weighted by molar-refractivity contribution is -0.119. The van der Waals surface area contributed by atoms with Crippen LogP contribution in [0.25, 0.3) is 33.9 Å². The Balaban J connectivity index is 1.38. The van der Waals surface area contributed by atoms with E-state index in [4.69, 9.17) is 13.6 Å². The van der Waals surface area contributed by atoms with Gasteiger partial charge in [-0.1, -0.05) is 6.07 Å². The van der Waals surface area contributed by atoms with Crippen molar-refractivity contribution in [2.24, 2.45) is 0 Å². The van der Waals surface area contributed by atoms with Gasteiger partial charge in [-0.15, -0.1) is 0 Å². The molecule has 0 saturated carbocycles. The quantitative estimate of drug-likeness (QED) is 0.368. The van der Waals surface area contributed by atoms with Crippen molar-refractivity contribution in [1.82, 2.24) is 15.0 Å². The summed E-state index contributed by atoms with van der Waals surface area (Å²) < 4.78 is 16.2. The summed E-state index contributed by atoms with van der Waals surface area (Å²) in [6.45, 7) is 1.37. The molecule has 0 spiro atoms. The van der Waals surface area contributed by atoms with Gasteiger partial charge in [0.2, 0.25) is 0 Å². The predicted molar refractivity (Wildman–Crippen MR) is 123 cm³/mol. The number of rotatable bonds is 6. The van der Waals surface area contributed by atoms with Crippen molar-refractivity contribution in [3.05, 3.63) is 84.4 Å². The maximum Gasteiger partial charge on any atom is 0.338 e. The summed E-state index contributed by atoms with van der Waals surface area (Å²) in [5.41, 5.74) is 3.05. The zero-order valence-electron chi connectivity index (χ0n) is 18.0. The summed E-state index contributed by atoms with van der Waals surface area (Å²) in [5, 5.41) is 2.62. The number of esters is 1. The van der Waals surface area contributed by atoms with Crippen molar-refractivity contribution in [2.75, 3.05) is 11.9 Å². The lowest BCUT2D eigenvalue weighted by Crippen LogP contribution is -2.21. The predicted octanol–water partition coefficient (Wildman–Crippen LogP) is 4.65. The van der Waals surface area contributed by atoms with E-state index in [-0.39, 0.29) is 5.56 Å². The van der Waals surface area contributed by atoms with Gasteiger partial charge in [0.05, 0.1) is 29.1 Å². The average Bonchev–Trinajstić information content (AvgIpc) is 3.57. The summed E-state index contributed by atoms with van der Waals surface area (Å²) in [7, 11) is 0. The Morgan fingerprint density at radius 2 is 1.62 bits per heavy atom. The van der Waals surface area contributed by atoms with E-state index < -0.39 is 18.5 Å². The van der Waals surface area contributed by atoms with E-state index >= 15 is 0 Å². The highest BCUT2D eigenvalue weighted by atomic mass is 16.5. The minimum atomic E-state index is -0.661. The molecule has 9 heteroatoms. The van der Waals surface area contributed by atoms with Gasteiger partial charge in [0, 0.05) is 6.20 Å². The first-order valence-corrected chi connectivity index (χ1v) is 10.4. The van der Waals surface area contributed by atoms with Crippen LogP contribution in [-0.4, -0.2) is 33.4 Å². The van der Waals surface area contributed by atoms with Crippen molar-refractivity contribution >= 4 is 28.7 Å². The van der Waals surface area contributed by atoms with E-state index in [0.717, 1.165) is 5.56 Å². The van der Waals surface area contributed by atoms with Crippen LogP contribution < -0.4 is 5.32 Å². The summed E-state index contributed by atoms with van der Waals surface area (Å²) in [4.78, 5) is 38.2. The number of nitrogens with one attached hydrogen (secondary N) is 1. The number of ether oxygens (including phenoxy) is 1. The molecule has 34 heavy (non-hydrogen) atoms. The third kappa shape index (κ3) is 4.26. The van der Waals surface area contributed by atoms with Crippen LogP contribution in [0.3, 0.4) is 0 Å². The van der Waals surface area contributed by atoms with Crippen molar-refractivity contribution in [1.29, 1.82) is 0 Å². The lowest BCUT2D eigenvalue weighted by Gasteiger charge is -2.09. The molecule has 0 bridgehead atoms. The molecule has 0 aliphatic heterocycles. The maximum atomic E-state index is 12.6. The summed E-state index contributed by atoms with van der Waals surface area (Å²) in [6, 6.07) is 15.4. The molecule has 1 aromatic carbocycles. The standard InChI is InChI=1S/C25H18N4O5/c1-15-5-2-10-26-24(15)29-21(30)14-34-25(31)16-8-9-17-18(13-16)28-23(20-7-4-12-33-20)22(27-17)19-6-3-11-32-19/h2-13H,14H2,1H3,(H,26,29,30). The van der Waals surface area contributed by atoms with Crippen molar-refractivity contribution in [3.8, 4) is 22.9 Å². The zero-order valence-corrected chi connectivity index (χ0v) is 18.0. The van der Waals surface area contributed by atoms with Gasteiger partial charge in [0.25, 0.3) is 5.91 Å². The molecule has 9 nitrogen and oxygen atoms in total. The highest BCUT2D eigenvalue weighted by Crippen LogP contribution is 2.31. The largest absolute Gasteiger partial charge is 0.463 e. The first-order chi connectivity index (χ1) is 16.6. The Kier molecular flexibility index (Phi) is 5.57. The van der Waals surface area contributed by atoms with Crippen molar-refractivity contribution < 1.29 is 23.2 Å². The summed E-state index contributed by atoms with van der Waals surface area (Å²) >= 11 is 0. The number of aromatic nitrogens is 3. The molecule has 4 aromatic heterocycles. The number of nitrogens with zero attached hydrogens (tertiary/aromatic N) is 3. The molecule has 5 aromatic rings. The van der Waals surface area contributed by atoms with Gasteiger partial charge in [-0.3, -0.25) is 4.79 Å². The fourth-order valence-electron chi connectivity index (χ4n) is 3.35. The fraction of sp³-hybridized carbons (Fsp3) is 0.0800. The van der Waals surface area contributed by atoms with E-state index in [2.05, 4.69) is 20.3 Å². The number of furan rings is 2. The third-order valence-electron chi connectivity index (χ3n) is 5.01. The van der Waals surface area contributed by atoms with Gasteiger partial charge in [-0.25, -0.2) is 19.7 Å². The second kappa shape index (κ2) is 8.99. The SMILES string of the molecule is Cc1cccnc1NC(=O)COC(=O)c1ccc2nc(-c3ccco3)c(-c3ccco3)nc2c1. The highest BCUT2D eigenvalue weighted by Gasteiger charge is 2.19. The van der Waals surface area contributed by atoms with Gasteiger partial charge in [0.1, 0.15) is 17.2 Å². The van der Waals surface area contributed by atoms with E-state index in [1.807, 2.05) is 13.0 Å². The minimum Gasteiger partial charge on any atom is -0.463 e. The van der Waals surface area contributed by atoms with Crippen LogP contribution in [-0.2, 0) is 9.53 Å². The molecule has 0 saturated heterocycles. The average molecular weight is 454 g/mol. The second-order valence-electron chi connectivity index (χ2n) is 7.37. The molecule has 0 aliphatic rings. The van der Waals surface area contributed by atoms with E-state index in [1.165, 1.54) is 0 Å². The molecular weight excluding hydrogens is 436 g/mol. The van der Waals surface area contributed by atoms with Crippen LogP contribution in [0.1, 0.15) is 15.9 Å². The maximum absolute atomic E-state index is 12.6. The minimum absolute atomic E-state index is 0.236. The van der Waals surface area contributed by atoms with Gasteiger partial charge in [-0.2, -0.15) is 0 Å². The molecule has 1 amide bonds. The normalized spacial score (nSPS) is 10.9. The third-order valence-corrected chi connectivity index (χ3v) is 5.01. The van der Waals surface area contributed by atoms with Crippen LogP contribution in [0.4, 0.5) is 5.82 Å². The van der Waals surface area contributed by atoms with Gasteiger partial charge < -0.3 is 18.9 Å². The van der Waals surface area contributed by atoms with Crippen LogP contribution in [0.2, 0.25) is 0 Å². The Labute approximate surface area is 193 Å². The first-order valence-electron chi connectivity index (χ1n) is 10.4. The van der Waals surface area contributed by atoms with Crippen molar-refractivity contribution in [3.63, 3.8) is 0 Å². The number of hydrogen-bond donors (Lipinski definition) is 1. The number of anilines is 1. The second-order valence-corrected chi connectivity index (χ2v) is 7.37. The highest BCUT2D eigenvalue weighted by molar-refractivity contribution is 5.97. The first kappa shape index (κ1) is 21.1. The molecule has 1 N–H and O–H groups in total. The molecular formula is C25H18N4O5. The number of carbonyl (C=O) groups is 2. The number of pyridine rings is 1. The van der Waals surface area contributed by atoms with Crippen LogP contribution in [0.15, 0.2) is 82.2 Å². The topological polar surface area (TPSA) is 120 Å². The number of fused-ring (bicyclic) bond motifs is 1. The van der Waals surface area contributed by atoms with Gasteiger partial charge in [0.15, 0.2) is 18.1 Å². The number of hydrogen-bond acceptors (Lipinski definition) is 8. The number of aryl methyl sites for hydroxylation is 1. The molecule has 5 rings (SSSR count). The molecule has 0 atom stereocenters. The molecule has 0 fully saturated rings. The number of benzene rings is 1. The monoisotopic (exact) mass is 454 g/mol. The summed E-state index contributed by atoms with van der Waals surface area (Å²) in [6.07, 6.45) is 4.66. The number of carbonyl (C=O) groups excluding carboxylic acids is 2. The Morgan fingerprint density at radius 1 is 0.912 bits per heavy atom. The smallest absolute Gasteiger partial charge is 0.338 e. The molecule has 0 aliphatic carbocycles. The zero-order chi connectivity index (χ0) is 23.5. The van der Waals surface area contributed by atoms with Gasteiger partial charge in [-0.05, 0) is 61.0 Å². The molecule has 168 valence electrons. The van der Waals surface area contributed by atoms with Crippen LogP contribution in [0.5, 0.6) is 0 Å². The van der Waals surface area contributed by atoms with E-state index in [9.17, 15) is 9.59 Å². The fourth-order valence-corrected chi connectivity index (χ4v) is 3.35. The Morgan fingerprint density at radius 3 is 2.26 bits per heavy atom. The number of amides is 1. The van der Waals surface area contributed by atoms with E-state index in [0.29, 0.717) is 39.8 Å². The van der Waals surface area contributed by atoms with Crippen molar-refractivity contribution in [2.45, 2.75) is 6.92 Å². The van der Waals surface area contributed by atoms with E-state index in [1.54, 1.807) is 67.3 Å². The molecule has 0 unspecified atom stereocenters. The Hall–Kier alpha value is -4.79.